The molecule has 0 spiro atoms. The minimum absolute atomic E-state index is 0.0599. The molecule has 3 aromatic rings. The smallest absolute Gasteiger partial charge is 0.305 e. The second-order valence-electron chi connectivity index (χ2n) is 6.23. The second-order valence-corrected chi connectivity index (χ2v) is 6.23. The van der Waals surface area contributed by atoms with Gasteiger partial charge in [0.05, 0.1) is 18.0 Å². The Balaban J connectivity index is 1.63. The predicted octanol–water partition coefficient (Wildman–Crippen LogP) is 3.28. The van der Waals surface area contributed by atoms with Gasteiger partial charge in [0.1, 0.15) is 11.6 Å². The fraction of sp³-hybridized carbons (Fsp3) is 0.200. The minimum Gasteiger partial charge on any atom is -0.481 e. The van der Waals surface area contributed by atoms with Crippen LogP contribution in [0.5, 0.6) is 0 Å². The molecular weight excluding hydrogens is 384 g/mol. The molecule has 150 valence electrons. The molecule has 1 atom stereocenters. The van der Waals surface area contributed by atoms with E-state index in [0.29, 0.717) is 0 Å². The van der Waals surface area contributed by atoms with Crippen molar-refractivity contribution in [2.45, 2.75) is 25.3 Å². The summed E-state index contributed by atoms with van der Waals surface area (Å²) in [6, 6.07) is 10.6. The van der Waals surface area contributed by atoms with Crippen molar-refractivity contribution in [2.75, 3.05) is 0 Å². The Bertz CT molecular complexity index is 1020. The predicted molar refractivity (Wildman–Crippen MR) is 97.5 cm³/mol. The Morgan fingerprint density at radius 1 is 1.07 bits per heavy atom. The van der Waals surface area contributed by atoms with Gasteiger partial charge in [0, 0.05) is 18.4 Å². The fourth-order valence-corrected chi connectivity index (χ4v) is 2.77. The number of rotatable bonds is 8. The normalized spacial score (nSPS) is 11.8. The van der Waals surface area contributed by atoms with E-state index in [1.807, 2.05) is 0 Å². The Morgan fingerprint density at radius 2 is 1.76 bits per heavy atom. The van der Waals surface area contributed by atoms with E-state index in [0.717, 1.165) is 0 Å². The topological polar surface area (TPSA) is 105 Å². The molecule has 0 fully saturated rings. The zero-order valence-electron chi connectivity index (χ0n) is 15.1. The molecule has 0 bridgehead atoms. The van der Waals surface area contributed by atoms with Gasteiger partial charge >= 0.3 is 5.97 Å². The first-order chi connectivity index (χ1) is 13.9. The number of halogens is 2. The first-order valence-corrected chi connectivity index (χ1v) is 8.77. The maximum absolute atomic E-state index is 14.0. The highest BCUT2D eigenvalue weighted by Crippen LogP contribution is 2.21. The highest BCUT2D eigenvalue weighted by Gasteiger charge is 2.21. The van der Waals surface area contributed by atoms with Crippen LogP contribution in [-0.4, -0.2) is 27.1 Å². The number of benzene rings is 2. The number of amides is 1. The summed E-state index contributed by atoms with van der Waals surface area (Å²) in [6.45, 7) is 0. The molecule has 0 aliphatic rings. The van der Waals surface area contributed by atoms with Crippen LogP contribution < -0.4 is 5.32 Å². The number of hydrogen-bond acceptors (Lipinski definition) is 5. The third-order valence-corrected chi connectivity index (χ3v) is 4.14. The molecule has 0 aliphatic carbocycles. The second kappa shape index (κ2) is 9.05. The number of carbonyl (C=O) groups is 2. The van der Waals surface area contributed by atoms with Crippen LogP contribution in [0.4, 0.5) is 8.78 Å². The van der Waals surface area contributed by atoms with Crippen molar-refractivity contribution in [3.05, 3.63) is 71.6 Å². The third kappa shape index (κ3) is 5.22. The summed E-state index contributed by atoms with van der Waals surface area (Å²) in [4.78, 5) is 27.4. The lowest BCUT2D eigenvalue weighted by atomic mass is 10.0. The van der Waals surface area contributed by atoms with Crippen LogP contribution in [0.3, 0.4) is 0 Å². The van der Waals surface area contributed by atoms with Crippen molar-refractivity contribution < 1.29 is 28.0 Å². The molecule has 9 heteroatoms. The highest BCUT2D eigenvalue weighted by atomic mass is 19.1. The van der Waals surface area contributed by atoms with E-state index in [1.54, 1.807) is 12.1 Å². The Hall–Kier alpha value is -3.62. The molecule has 0 saturated carbocycles. The van der Waals surface area contributed by atoms with E-state index in [-0.39, 0.29) is 35.7 Å². The van der Waals surface area contributed by atoms with Crippen molar-refractivity contribution in [3.63, 3.8) is 0 Å². The van der Waals surface area contributed by atoms with Gasteiger partial charge in [-0.1, -0.05) is 35.5 Å². The van der Waals surface area contributed by atoms with Crippen molar-refractivity contribution in [1.29, 1.82) is 0 Å². The standard InChI is InChI=1S/C20H17F2N3O4/c21-14-7-3-1-5-12(14)16(11-19(27)28)23-17(26)9-10-18-24-20(25-29-18)13-6-2-4-8-15(13)22/h1-8,16H,9-11H2,(H,23,26)(H,27,28). The van der Waals surface area contributed by atoms with Crippen LogP contribution >= 0.6 is 0 Å². The Labute approximate surface area is 164 Å². The van der Waals surface area contributed by atoms with Gasteiger partial charge in [-0.25, -0.2) is 8.78 Å². The number of nitrogens with zero attached hydrogens (tertiary/aromatic N) is 2. The summed E-state index contributed by atoms with van der Waals surface area (Å²) < 4.78 is 32.8. The van der Waals surface area contributed by atoms with Gasteiger partial charge in [-0.2, -0.15) is 4.98 Å². The lowest BCUT2D eigenvalue weighted by Crippen LogP contribution is -2.31. The average molecular weight is 401 g/mol. The van der Waals surface area contributed by atoms with Crippen LogP contribution in [0, 0.1) is 11.6 Å². The summed E-state index contributed by atoms with van der Waals surface area (Å²) in [5.41, 5.74) is 0.260. The molecule has 0 aliphatic heterocycles. The van der Waals surface area contributed by atoms with Gasteiger partial charge in [-0.15, -0.1) is 0 Å². The maximum Gasteiger partial charge on any atom is 0.305 e. The molecular formula is C20H17F2N3O4. The molecule has 1 amide bonds. The van der Waals surface area contributed by atoms with Crippen LogP contribution in [-0.2, 0) is 16.0 Å². The Morgan fingerprint density at radius 3 is 2.45 bits per heavy atom. The van der Waals surface area contributed by atoms with E-state index in [2.05, 4.69) is 15.5 Å². The third-order valence-electron chi connectivity index (χ3n) is 4.14. The monoisotopic (exact) mass is 401 g/mol. The van der Waals surface area contributed by atoms with E-state index in [1.165, 1.54) is 36.4 Å². The molecule has 1 unspecified atom stereocenters. The molecule has 2 aromatic carbocycles. The number of carboxylic acids is 1. The van der Waals surface area contributed by atoms with Gasteiger partial charge < -0.3 is 14.9 Å². The van der Waals surface area contributed by atoms with E-state index in [9.17, 15) is 18.4 Å². The van der Waals surface area contributed by atoms with E-state index < -0.39 is 36.0 Å². The number of nitrogens with one attached hydrogen (secondary N) is 1. The van der Waals surface area contributed by atoms with Gasteiger partial charge in [0.2, 0.25) is 17.6 Å². The van der Waals surface area contributed by atoms with Gasteiger partial charge in [-0.05, 0) is 18.2 Å². The summed E-state index contributed by atoms with van der Waals surface area (Å²) in [5.74, 6) is -2.60. The minimum atomic E-state index is -1.18. The quantitative estimate of drug-likeness (QED) is 0.600. The first kappa shape index (κ1) is 20.1. The van der Waals surface area contributed by atoms with Crippen LogP contribution in [0.15, 0.2) is 53.1 Å². The molecule has 0 radical (unpaired) electrons. The SMILES string of the molecule is O=C(O)CC(NC(=O)CCc1nc(-c2ccccc2F)no1)c1ccccc1F. The van der Waals surface area contributed by atoms with E-state index in [4.69, 9.17) is 9.63 Å². The maximum atomic E-state index is 14.0. The molecule has 1 aromatic heterocycles. The molecule has 29 heavy (non-hydrogen) atoms. The molecule has 0 saturated heterocycles. The van der Waals surface area contributed by atoms with E-state index >= 15 is 0 Å². The van der Waals surface area contributed by atoms with Gasteiger partial charge in [0.25, 0.3) is 0 Å². The zero-order chi connectivity index (χ0) is 20.8. The number of aliphatic carboxylic acids is 1. The van der Waals surface area contributed by atoms with Crippen molar-refractivity contribution >= 4 is 11.9 Å². The van der Waals surface area contributed by atoms with Crippen LogP contribution in [0.25, 0.3) is 11.4 Å². The number of hydrogen-bond donors (Lipinski definition) is 2. The summed E-state index contributed by atoms with van der Waals surface area (Å²) >= 11 is 0. The summed E-state index contributed by atoms with van der Waals surface area (Å²) in [5, 5.41) is 15.3. The first-order valence-electron chi connectivity index (χ1n) is 8.77. The van der Waals surface area contributed by atoms with Crippen molar-refractivity contribution in [1.82, 2.24) is 15.5 Å². The zero-order valence-corrected chi connectivity index (χ0v) is 15.1. The van der Waals surface area contributed by atoms with Crippen LogP contribution in [0.1, 0.15) is 30.3 Å². The Kier molecular flexibility index (Phi) is 6.28. The van der Waals surface area contributed by atoms with Crippen molar-refractivity contribution in [3.8, 4) is 11.4 Å². The average Bonchev–Trinajstić information content (AvgIpc) is 3.15. The molecule has 2 N–H and O–H groups in total. The number of carboxylic acid groups (broad SMARTS) is 1. The molecule has 7 nitrogen and oxygen atoms in total. The summed E-state index contributed by atoms with van der Waals surface area (Å²) in [6.07, 6.45) is -0.501. The number of aryl methyl sites for hydroxylation is 1. The molecule has 3 rings (SSSR count). The van der Waals surface area contributed by atoms with Crippen LogP contribution in [0.2, 0.25) is 0 Å². The van der Waals surface area contributed by atoms with Crippen molar-refractivity contribution in [2.24, 2.45) is 0 Å². The summed E-state index contributed by atoms with van der Waals surface area (Å²) in [7, 11) is 0. The highest BCUT2D eigenvalue weighted by molar-refractivity contribution is 5.78. The number of carbonyl (C=O) groups excluding carboxylic acids is 1. The van der Waals surface area contributed by atoms with Gasteiger partial charge in [0.15, 0.2) is 0 Å². The lowest BCUT2D eigenvalue weighted by molar-refractivity contribution is -0.137. The lowest BCUT2D eigenvalue weighted by Gasteiger charge is -2.17. The largest absolute Gasteiger partial charge is 0.481 e. The molecule has 1 heterocycles. The fourth-order valence-electron chi connectivity index (χ4n) is 2.77. The number of aromatic nitrogens is 2. The van der Waals surface area contributed by atoms with Gasteiger partial charge in [-0.3, -0.25) is 9.59 Å².